The van der Waals surface area contributed by atoms with Gasteiger partial charge in [-0.2, -0.15) is 23.5 Å². The highest BCUT2D eigenvalue weighted by atomic mass is 79.9. The second-order valence-electron chi connectivity index (χ2n) is 4.45. The van der Waals surface area contributed by atoms with Crippen LogP contribution in [0.5, 0.6) is 0 Å². The molecule has 0 spiro atoms. The van der Waals surface area contributed by atoms with Gasteiger partial charge in [0.25, 0.3) is 0 Å². The van der Waals surface area contributed by atoms with Crippen LogP contribution in [0.15, 0.2) is 4.60 Å². The molecule has 1 aromatic rings. The smallest absolute Gasteiger partial charge is 0.153 e. The van der Waals surface area contributed by atoms with Crippen molar-refractivity contribution in [3.05, 3.63) is 10.3 Å². The van der Waals surface area contributed by atoms with Crippen LogP contribution in [-0.2, 0) is 7.05 Å². The van der Waals surface area contributed by atoms with Gasteiger partial charge in [-0.15, -0.1) is 5.10 Å². The number of hydrazine groups is 1. The second kappa shape index (κ2) is 6.13. The van der Waals surface area contributed by atoms with Crippen LogP contribution in [0, 0.1) is 0 Å². The molecule has 2 rings (SSSR count). The normalized spacial score (nSPS) is 30.4. The van der Waals surface area contributed by atoms with E-state index in [0.717, 1.165) is 16.0 Å². The Labute approximate surface area is 124 Å². The first-order chi connectivity index (χ1) is 8.54. The Morgan fingerprint density at radius 1 is 1.50 bits per heavy atom. The first kappa shape index (κ1) is 14.6. The van der Waals surface area contributed by atoms with Crippen molar-refractivity contribution in [1.29, 1.82) is 0 Å². The lowest BCUT2D eigenvalue weighted by Crippen LogP contribution is -2.41. The second-order valence-corrected chi connectivity index (χ2v) is 8.23. The van der Waals surface area contributed by atoms with Crippen molar-refractivity contribution in [2.75, 3.05) is 5.75 Å². The summed E-state index contributed by atoms with van der Waals surface area (Å²) in [5, 5.41) is 9.81. The molecule has 1 aliphatic rings. The van der Waals surface area contributed by atoms with Crippen LogP contribution in [0.25, 0.3) is 0 Å². The van der Waals surface area contributed by atoms with Crippen LogP contribution in [0.1, 0.15) is 25.6 Å². The van der Waals surface area contributed by atoms with Gasteiger partial charge in [0.15, 0.2) is 4.60 Å². The number of nitrogens with zero attached hydrogens (tertiary/aromatic N) is 3. The van der Waals surface area contributed by atoms with Crippen molar-refractivity contribution >= 4 is 39.5 Å². The lowest BCUT2D eigenvalue weighted by Gasteiger charge is -2.35. The summed E-state index contributed by atoms with van der Waals surface area (Å²) in [5.41, 5.74) is 3.94. The van der Waals surface area contributed by atoms with Crippen molar-refractivity contribution in [2.24, 2.45) is 12.9 Å². The predicted octanol–water partition coefficient (Wildman–Crippen LogP) is 1.71. The first-order valence-corrected chi connectivity index (χ1v) is 8.61. The molecule has 4 unspecified atom stereocenters. The minimum Gasteiger partial charge on any atom is -0.271 e. The third-order valence-corrected chi connectivity index (χ3v) is 7.31. The number of nitrogens with one attached hydrogen (secondary N) is 1. The maximum atomic E-state index is 5.75. The quantitative estimate of drug-likeness (QED) is 0.638. The maximum absolute atomic E-state index is 5.75. The SMILES string of the molecule is CC1SCC(C(NN)c2c(Br)nnn2C)SC1C. The molecule has 1 aliphatic heterocycles. The fourth-order valence-corrected chi connectivity index (χ4v) is 5.66. The van der Waals surface area contributed by atoms with E-state index in [1.807, 2.05) is 30.6 Å². The molecule has 3 N–H and O–H groups in total. The Balaban J connectivity index is 2.19. The minimum atomic E-state index is 0.0619. The van der Waals surface area contributed by atoms with E-state index in [0.29, 0.717) is 15.7 Å². The van der Waals surface area contributed by atoms with E-state index in [1.54, 1.807) is 4.68 Å². The molecule has 0 aliphatic carbocycles. The Morgan fingerprint density at radius 3 is 2.72 bits per heavy atom. The fraction of sp³-hybridized carbons (Fsp3) is 0.800. The maximum Gasteiger partial charge on any atom is 0.153 e. The number of nitrogens with two attached hydrogens (primary N) is 1. The molecule has 1 saturated heterocycles. The van der Waals surface area contributed by atoms with Gasteiger partial charge in [0.05, 0.1) is 11.7 Å². The Hall–Kier alpha value is 0.240. The lowest BCUT2D eigenvalue weighted by molar-refractivity contribution is 0.504. The molecule has 18 heavy (non-hydrogen) atoms. The van der Waals surface area contributed by atoms with Crippen LogP contribution in [0.2, 0.25) is 0 Å². The Bertz CT molecular complexity index is 393. The van der Waals surface area contributed by atoms with Crippen LogP contribution < -0.4 is 11.3 Å². The van der Waals surface area contributed by atoms with Gasteiger partial charge < -0.3 is 0 Å². The van der Waals surface area contributed by atoms with Gasteiger partial charge >= 0.3 is 0 Å². The molecule has 0 amide bonds. The van der Waals surface area contributed by atoms with Crippen LogP contribution in [0.4, 0.5) is 0 Å². The number of aromatic nitrogens is 3. The zero-order valence-electron chi connectivity index (χ0n) is 10.6. The summed E-state index contributed by atoms with van der Waals surface area (Å²) >= 11 is 7.44. The zero-order valence-corrected chi connectivity index (χ0v) is 13.8. The average molecular weight is 352 g/mol. The van der Waals surface area contributed by atoms with Gasteiger partial charge in [0.2, 0.25) is 0 Å². The topological polar surface area (TPSA) is 68.8 Å². The highest BCUT2D eigenvalue weighted by Gasteiger charge is 2.34. The largest absolute Gasteiger partial charge is 0.271 e. The van der Waals surface area contributed by atoms with Gasteiger partial charge in [-0.25, -0.2) is 4.68 Å². The highest BCUT2D eigenvalue weighted by Crippen LogP contribution is 2.41. The fourth-order valence-electron chi connectivity index (χ4n) is 2.01. The zero-order chi connectivity index (χ0) is 13.3. The summed E-state index contributed by atoms with van der Waals surface area (Å²) in [4.78, 5) is 0. The summed E-state index contributed by atoms with van der Waals surface area (Å²) in [5.74, 6) is 6.84. The third-order valence-electron chi connectivity index (χ3n) is 3.25. The molecular weight excluding hydrogens is 334 g/mol. The number of thioether (sulfide) groups is 2. The van der Waals surface area contributed by atoms with Crippen molar-refractivity contribution in [2.45, 2.75) is 35.6 Å². The van der Waals surface area contributed by atoms with Crippen molar-refractivity contribution in [3.63, 3.8) is 0 Å². The lowest BCUT2D eigenvalue weighted by atomic mass is 10.1. The summed E-state index contributed by atoms with van der Waals surface area (Å²) in [6.07, 6.45) is 0. The minimum absolute atomic E-state index is 0.0619. The first-order valence-electron chi connectivity index (χ1n) is 5.82. The van der Waals surface area contributed by atoms with Gasteiger partial charge in [-0.05, 0) is 15.9 Å². The molecule has 2 heterocycles. The molecule has 0 aromatic carbocycles. The summed E-state index contributed by atoms with van der Waals surface area (Å²) < 4.78 is 2.55. The molecule has 1 fully saturated rings. The summed E-state index contributed by atoms with van der Waals surface area (Å²) in [6, 6.07) is 0.0619. The number of halogens is 1. The molecule has 4 atom stereocenters. The summed E-state index contributed by atoms with van der Waals surface area (Å²) in [7, 11) is 1.89. The summed E-state index contributed by atoms with van der Waals surface area (Å²) in [6.45, 7) is 4.56. The molecule has 8 heteroatoms. The van der Waals surface area contributed by atoms with Crippen LogP contribution >= 0.6 is 39.5 Å². The number of aryl methyl sites for hydroxylation is 1. The van der Waals surface area contributed by atoms with Crippen LogP contribution in [0.3, 0.4) is 0 Å². The average Bonchev–Trinajstić information content (AvgIpc) is 2.66. The van der Waals surface area contributed by atoms with E-state index in [2.05, 4.69) is 45.5 Å². The molecule has 1 aromatic heterocycles. The van der Waals surface area contributed by atoms with Crippen molar-refractivity contribution < 1.29 is 0 Å². The van der Waals surface area contributed by atoms with Crippen LogP contribution in [-0.4, -0.2) is 36.5 Å². The van der Waals surface area contributed by atoms with E-state index >= 15 is 0 Å². The molecule has 0 saturated carbocycles. The van der Waals surface area contributed by atoms with E-state index < -0.39 is 0 Å². The van der Waals surface area contributed by atoms with E-state index in [9.17, 15) is 0 Å². The van der Waals surface area contributed by atoms with E-state index in [1.165, 1.54) is 0 Å². The van der Waals surface area contributed by atoms with Gasteiger partial charge in [0.1, 0.15) is 0 Å². The molecule has 0 bridgehead atoms. The number of hydrogen-bond acceptors (Lipinski definition) is 6. The monoisotopic (exact) mass is 351 g/mol. The Morgan fingerprint density at radius 2 is 2.22 bits per heavy atom. The molecule has 5 nitrogen and oxygen atoms in total. The molecule has 0 radical (unpaired) electrons. The third kappa shape index (κ3) is 2.87. The molecular formula is C10H18BrN5S2. The van der Waals surface area contributed by atoms with E-state index in [-0.39, 0.29) is 6.04 Å². The number of hydrogen-bond donors (Lipinski definition) is 2. The Kier molecular flexibility index (Phi) is 4.99. The highest BCUT2D eigenvalue weighted by molar-refractivity contribution is 9.10. The van der Waals surface area contributed by atoms with Gasteiger partial charge in [-0.1, -0.05) is 19.1 Å². The van der Waals surface area contributed by atoms with Gasteiger partial charge in [-0.3, -0.25) is 11.3 Å². The number of rotatable bonds is 3. The van der Waals surface area contributed by atoms with E-state index in [4.69, 9.17) is 5.84 Å². The predicted molar refractivity (Wildman–Crippen MR) is 81.5 cm³/mol. The molecule has 102 valence electrons. The van der Waals surface area contributed by atoms with Crippen molar-refractivity contribution in [1.82, 2.24) is 20.4 Å². The van der Waals surface area contributed by atoms with Crippen molar-refractivity contribution in [3.8, 4) is 0 Å². The van der Waals surface area contributed by atoms with Gasteiger partial charge in [0, 0.05) is 28.6 Å². The standard InChI is InChI=1S/C10H18BrN5S2/c1-5-6(2)18-7(4-17-5)8(13-12)9-10(11)14-15-16(9)3/h5-8,13H,4,12H2,1-3H3.